The van der Waals surface area contributed by atoms with Gasteiger partial charge >= 0.3 is 6.18 Å². The molecule has 2 aromatic carbocycles. The molecule has 0 saturated heterocycles. The van der Waals surface area contributed by atoms with Gasteiger partial charge in [-0.2, -0.15) is 23.5 Å². The highest BCUT2D eigenvalue weighted by Crippen LogP contribution is 2.34. The molecule has 0 aliphatic carbocycles. The van der Waals surface area contributed by atoms with Gasteiger partial charge in [0.2, 0.25) is 11.8 Å². The Hall–Kier alpha value is -3.78. The third kappa shape index (κ3) is 6.93. The number of benzene rings is 2. The summed E-state index contributed by atoms with van der Waals surface area (Å²) in [4.78, 5) is 16.7. The first kappa shape index (κ1) is 30.2. The molecule has 0 spiro atoms. The molecule has 0 unspecified atom stereocenters. The molecule has 4 rings (SSSR count). The van der Waals surface area contributed by atoms with Crippen molar-refractivity contribution in [3.63, 3.8) is 0 Å². The first-order chi connectivity index (χ1) is 19.3. The zero-order valence-electron chi connectivity index (χ0n) is 21.6. The smallest absolute Gasteiger partial charge is 0.417 e. The van der Waals surface area contributed by atoms with Gasteiger partial charge in [0.1, 0.15) is 23.9 Å². The van der Waals surface area contributed by atoms with E-state index in [4.69, 9.17) is 39.5 Å². The van der Waals surface area contributed by atoms with Gasteiger partial charge in [-0.25, -0.2) is 9.67 Å². The third-order valence-corrected chi connectivity index (χ3v) is 6.79. The summed E-state index contributed by atoms with van der Waals surface area (Å²) in [7, 11) is 0. The van der Waals surface area contributed by atoms with Crippen molar-refractivity contribution in [1.82, 2.24) is 20.1 Å². The van der Waals surface area contributed by atoms with Crippen LogP contribution >= 0.6 is 34.8 Å². The quantitative estimate of drug-likeness (QED) is 0.220. The number of carbonyl (C=O) groups is 1. The average molecular weight is 623 g/mol. The highest BCUT2D eigenvalue weighted by molar-refractivity contribution is 6.35. The molecule has 4 aromatic rings. The molecule has 1 amide bonds. The van der Waals surface area contributed by atoms with E-state index in [1.165, 1.54) is 4.68 Å². The number of rotatable bonds is 8. The van der Waals surface area contributed by atoms with Crippen molar-refractivity contribution in [2.45, 2.75) is 26.6 Å². The predicted octanol–water partition coefficient (Wildman–Crippen LogP) is 7.51. The molecule has 7 nitrogen and oxygen atoms in total. The first-order valence-electron chi connectivity index (χ1n) is 12.0. The Morgan fingerprint density at radius 1 is 1.05 bits per heavy atom. The van der Waals surface area contributed by atoms with Crippen LogP contribution in [0.2, 0.25) is 15.1 Å². The van der Waals surface area contributed by atoms with Gasteiger partial charge in [-0.3, -0.25) is 4.79 Å². The highest BCUT2D eigenvalue weighted by Gasteiger charge is 2.32. The van der Waals surface area contributed by atoms with E-state index in [0.29, 0.717) is 38.2 Å². The minimum Gasteiger partial charge on any atom is -0.477 e. The van der Waals surface area contributed by atoms with Crippen molar-refractivity contribution >= 4 is 40.7 Å². The monoisotopic (exact) mass is 621 g/mol. The maximum atomic E-state index is 13.1. The van der Waals surface area contributed by atoms with Gasteiger partial charge in [-0.15, -0.1) is 0 Å². The van der Waals surface area contributed by atoms with Gasteiger partial charge in [-0.05, 0) is 50.2 Å². The van der Waals surface area contributed by atoms with Crippen molar-refractivity contribution < 1.29 is 22.7 Å². The van der Waals surface area contributed by atoms with Gasteiger partial charge < -0.3 is 10.1 Å². The lowest BCUT2D eigenvalue weighted by molar-refractivity contribution is -0.137. The van der Waals surface area contributed by atoms with E-state index in [-0.39, 0.29) is 30.3 Å². The molecule has 0 fully saturated rings. The van der Waals surface area contributed by atoms with Crippen LogP contribution in [0.4, 0.5) is 13.2 Å². The molecule has 2 aromatic heterocycles. The van der Waals surface area contributed by atoms with Crippen LogP contribution in [0.3, 0.4) is 0 Å². The van der Waals surface area contributed by atoms with Crippen molar-refractivity contribution in [3.05, 3.63) is 92.7 Å². The molecular weight excluding hydrogens is 602 g/mol. The lowest BCUT2D eigenvalue weighted by atomic mass is 9.93. The molecular formula is C28H21Cl3F3N5O2. The fourth-order valence-corrected chi connectivity index (χ4v) is 4.38. The van der Waals surface area contributed by atoms with Gasteiger partial charge in [0.15, 0.2) is 0 Å². The molecule has 1 N–H and O–H groups in total. The molecule has 13 heteroatoms. The second kappa shape index (κ2) is 12.0. The highest BCUT2D eigenvalue weighted by atomic mass is 35.5. The zero-order valence-corrected chi connectivity index (χ0v) is 23.8. The van der Waals surface area contributed by atoms with Gasteiger partial charge in [0, 0.05) is 27.9 Å². The SMILES string of the molecule is CC(C)(COc1ccc(C(F)(F)F)cn1)C(=O)NCc1nn(-c2ccc(Cl)cc2Cl)c(-c2ccc(Cl)cc2)c1C#N. The van der Waals surface area contributed by atoms with Crippen molar-refractivity contribution in [2.75, 3.05) is 6.61 Å². The van der Waals surface area contributed by atoms with E-state index in [1.807, 2.05) is 0 Å². The molecule has 2 heterocycles. The van der Waals surface area contributed by atoms with Crippen LogP contribution in [-0.2, 0) is 17.5 Å². The van der Waals surface area contributed by atoms with Crippen molar-refractivity contribution in [3.8, 4) is 28.9 Å². The molecule has 41 heavy (non-hydrogen) atoms. The number of amides is 1. The van der Waals surface area contributed by atoms with Crippen LogP contribution in [0, 0.1) is 16.7 Å². The Balaban J connectivity index is 1.57. The maximum Gasteiger partial charge on any atom is 0.417 e. The van der Waals surface area contributed by atoms with E-state index < -0.39 is 23.1 Å². The summed E-state index contributed by atoms with van der Waals surface area (Å²) in [6, 6.07) is 15.8. The predicted molar refractivity (Wildman–Crippen MR) is 149 cm³/mol. The number of ether oxygens (including phenoxy) is 1. The van der Waals surface area contributed by atoms with Crippen LogP contribution in [0.5, 0.6) is 5.88 Å². The number of halogens is 6. The fourth-order valence-electron chi connectivity index (χ4n) is 3.76. The van der Waals surface area contributed by atoms with Gasteiger partial charge in [0.05, 0.1) is 33.9 Å². The molecule has 0 atom stereocenters. The van der Waals surface area contributed by atoms with E-state index in [9.17, 15) is 23.2 Å². The topological polar surface area (TPSA) is 92.8 Å². The third-order valence-electron chi connectivity index (χ3n) is 6.00. The van der Waals surface area contributed by atoms with Crippen LogP contribution in [-0.4, -0.2) is 27.3 Å². The van der Waals surface area contributed by atoms with E-state index >= 15 is 0 Å². The van der Waals surface area contributed by atoms with Crippen LogP contribution in [0.15, 0.2) is 60.8 Å². The molecule has 0 aliphatic heterocycles. The van der Waals surface area contributed by atoms with E-state index in [0.717, 1.165) is 12.1 Å². The van der Waals surface area contributed by atoms with Crippen LogP contribution in [0.1, 0.15) is 30.7 Å². The Labute approximate surface area is 248 Å². The molecule has 0 bridgehead atoms. The van der Waals surface area contributed by atoms with Crippen molar-refractivity contribution in [2.24, 2.45) is 5.41 Å². The van der Waals surface area contributed by atoms with E-state index in [2.05, 4.69) is 21.5 Å². The fraction of sp³-hybridized carbons (Fsp3) is 0.214. The van der Waals surface area contributed by atoms with Gasteiger partial charge in [-0.1, -0.05) is 46.9 Å². The lowest BCUT2D eigenvalue weighted by Crippen LogP contribution is -2.40. The number of nitriles is 1. The summed E-state index contributed by atoms with van der Waals surface area (Å²) >= 11 is 18.6. The molecule has 0 aliphatic rings. The number of hydrogen-bond donors (Lipinski definition) is 1. The normalized spacial score (nSPS) is 11.7. The average Bonchev–Trinajstić information content (AvgIpc) is 3.28. The maximum absolute atomic E-state index is 13.1. The summed E-state index contributed by atoms with van der Waals surface area (Å²) in [5, 5.41) is 18.7. The number of nitrogens with one attached hydrogen (secondary N) is 1. The molecule has 212 valence electrons. The second-order valence-corrected chi connectivity index (χ2v) is 10.8. The lowest BCUT2D eigenvalue weighted by Gasteiger charge is -2.23. The van der Waals surface area contributed by atoms with Crippen LogP contribution < -0.4 is 10.1 Å². The Kier molecular flexibility index (Phi) is 8.83. The number of aromatic nitrogens is 3. The second-order valence-electron chi connectivity index (χ2n) is 9.53. The van der Waals surface area contributed by atoms with Crippen molar-refractivity contribution in [1.29, 1.82) is 5.26 Å². The minimum atomic E-state index is -4.52. The molecule has 0 saturated carbocycles. The Morgan fingerprint density at radius 3 is 2.32 bits per heavy atom. The van der Waals surface area contributed by atoms with Gasteiger partial charge in [0.25, 0.3) is 0 Å². The van der Waals surface area contributed by atoms with Crippen LogP contribution in [0.25, 0.3) is 16.9 Å². The Bertz CT molecular complexity index is 1610. The Morgan fingerprint density at radius 2 is 1.73 bits per heavy atom. The summed E-state index contributed by atoms with van der Waals surface area (Å²) in [6.07, 6.45) is -3.86. The zero-order chi connectivity index (χ0) is 29.9. The number of nitrogens with zero attached hydrogens (tertiary/aromatic N) is 4. The number of hydrogen-bond acceptors (Lipinski definition) is 5. The number of pyridine rings is 1. The summed E-state index contributed by atoms with van der Waals surface area (Å²) in [5.41, 5.74) is 0.00597. The number of alkyl halides is 3. The molecule has 0 radical (unpaired) electrons. The summed E-state index contributed by atoms with van der Waals surface area (Å²) < 4.78 is 45.3. The standard InChI is InChI=1S/C28H21Cl3F3N5O2/c1-27(2,15-41-24-10-5-17(13-36-24)28(32,33)34)26(40)37-14-22-20(12-35)25(16-3-6-18(29)7-4-16)39(38-22)23-9-8-19(30)11-21(23)31/h3-11,13H,14-15H2,1-2H3,(H,37,40). The van der Waals surface area contributed by atoms with E-state index in [1.54, 1.807) is 56.3 Å². The minimum absolute atomic E-state index is 0.0585. The first-order valence-corrected chi connectivity index (χ1v) is 13.1. The largest absolute Gasteiger partial charge is 0.477 e. The summed E-state index contributed by atoms with van der Waals surface area (Å²) in [5.74, 6) is -0.503. The summed E-state index contributed by atoms with van der Waals surface area (Å²) in [6.45, 7) is 2.92. The number of carbonyl (C=O) groups excluding carboxylic acids is 1.